The van der Waals surface area contributed by atoms with Crippen LogP contribution in [-0.4, -0.2) is 29.1 Å². The van der Waals surface area contributed by atoms with Crippen LogP contribution in [0.4, 0.5) is 0 Å². The van der Waals surface area contributed by atoms with Crippen LogP contribution in [0.15, 0.2) is 4.58 Å². The molecule has 92 valence electrons. The summed E-state index contributed by atoms with van der Waals surface area (Å²) in [7, 11) is 0. The molecule has 16 heavy (non-hydrogen) atoms. The summed E-state index contributed by atoms with van der Waals surface area (Å²) in [6.07, 6.45) is 0. The number of hydrogen-bond donors (Lipinski definition) is 2. The molecule has 0 aromatic heterocycles. The van der Waals surface area contributed by atoms with Crippen molar-refractivity contribution in [2.24, 2.45) is 4.58 Å². The predicted molar refractivity (Wildman–Crippen MR) is 63.8 cm³/mol. The third-order valence-corrected chi connectivity index (χ3v) is 2.71. The van der Waals surface area contributed by atoms with Gasteiger partial charge in [-0.25, -0.2) is 0 Å². The predicted octanol–water partition coefficient (Wildman–Crippen LogP) is 0.820. The maximum atomic E-state index is 11.7. The van der Waals surface area contributed by atoms with Crippen LogP contribution in [0.3, 0.4) is 0 Å². The Morgan fingerprint density at radius 2 is 2.00 bits per heavy atom. The summed E-state index contributed by atoms with van der Waals surface area (Å²) in [5, 5.41) is 5.12. The van der Waals surface area contributed by atoms with E-state index in [9.17, 15) is 14.5 Å². The molecule has 2 N–H and O–H groups in total. The topological polar surface area (TPSA) is 87.6 Å². The molecule has 0 rings (SSSR count). The van der Waals surface area contributed by atoms with Gasteiger partial charge in [0.15, 0.2) is 0 Å². The highest BCUT2D eigenvalue weighted by Crippen LogP contribution is 2.29. The highest BCUT2D eigenvalue weighted by atomic mass is 32.2. The van der Waals surface area contributed by atoms with Gasteiger partial charge in [-0.2, -0.15) is 0 Å². The molecule has 0 saturated carbocycles. The van der Waals surface area contributed by atoms with Crippen molar-refractivity contribution in [2.45, 2.75) is 38.5 Å². The monoisotopic (exact) mass is 247 g/mol. The largest absolute Gasteiger partial charge is 0.355 e. The van der Waals surface area contributed by atoms with Crippen LogP contribution in [0, 0.1) is 4.91 Å². The van der Waals surface area contributed by atoms with Crippen molar-refractivity contribution in [1.29, 1.82) is 0 Å². The smallest absolute Gasteiger partial charge is 0.244 e. The summed E-state index contributed by atoms with van der Waals surface area (Å²) in [4.78, 5) is 33.0. The number of likely N-dealkylation sites (N-methyl/N-ethyl adjacent to an activating group) is 1. The molecule has 0 aromatic rings. The lowest BCUT2D eigenvalue weighted by Crippen LogP contribution is -2.55. The van der Waals surface area contributed by atoms with Crippen molar-refractivity contribution in [2.75, 3.05) is 6.54 Å². The first-order chi connectivity index (χ1) is 7.35. The summed E-state index contributed by atoms with van der Waals surface area (Å²) in [6.45, 7) is 6.91. The van der Waals surface area contributed by atoms with E-state index in [1.54, 1.807) is 20.8 Å². The lowest BCUT2D eigenvalue weighted by atomic mass is 10.0. The van der Waals surface area contributed by atoms with E-state index in [2.05, 4.69) is 15.2 Å². The van der Waals surface area contributed by atoms with Crippen LogP contribution >= 0.6 is 11.9 Å². The maximum Gasteiger partial charge on any atom is 0.244 e. The van der Waals surface area contributed by atoms with E-state index in [4.69, 9.17) is 0 Å². The molecule has 2 amide bonds. The summed E-state index contributed by atoms with van der Waals surface area (Å²) in [6, 6.07) is -0.785. The van der Waals surface area contributed by atoms with Crippen LogP contribution in [-0.2, 0) is 9.59 Å². The van der Waals surface area contributed by atoms with Crippen molar-refractivity contribution in [3.8, 4) is 0 Å². The highest BCUT2D eigenvalue weighted by molar-refractivity contribution is 7.99. The van der Waals surface area contributed by atoms with Crippen LogP contribution in [0.25, 0.3) is 0 Å². The van der Waals surface area contributed by atoms with Gasteiger partial charge in [-0.1, -0.05) is 0 Å². The third-order valence-electron chi connectivity index (χ3n) is 1.93. The van der Waals surface area contributed by atoms with Gasteiger partial charge in [-0.15, -0.1) is 4.91 Å². The SMILES string of the molecule is CCNC(=O)C(NC(C)=O)C(C)(C)SN=O. The second kappa shape index (κ2) is 6.47. The molecular formula is C9H17N3O3S. The minimum atomic E-state index is -0.785. The Morgan fingerprint density at radius 1 is 1.44 bits per heavy atom. The van der Waals surface area contributed by atoms with Crippen molar-refractivity contribution >= 4 is 23.8 Å². The molecule has 0 saturated heterocycles. The van der Waals surface area contributed by atoms with Gasteiger partial charge in [0.05, 0.1) is 4.75 Å². The molecule has 0 aliphatic rings. The number of hydrogen-bond acceptors (Lipinski definition) is 5. The fourth-order valence-electron chi connectivity index (χ4n) is 1.18. The summed E-state index contributed by atoms with van der Waals surface area (Å²) in [5.74, 6) is -0.644. The average molecular weight is 247 g/mol. The maximum absolute atomic E-state index is 11.7. The molecule has 6 nitrogen and oxygen atoms in total. The fourth-order valence-corrected chi connectivity index (χ4v) is 1.65. The lowest BCUT2D eigenvalue weighted by Gasteiger charge is -2.29. The van der Waals surface area contributed by atoms with Crippen LogP contribution in [0.1, 0.15) is 27.7 Å². The van der Waals surface area contributed by atoms with E-state index >= 15 is 0 Å². The Morgan fingerprint density at radius 3 is 2.38 bits per heavy atom. The van der Waals surface area contributed by atoms with E-state index in [0.717, 1.165) is 11.9 Å². The minimum Gasteiger partial charge on any atom is -0.355 e. The number of carbonyl (C=O) groups excluding carboxylic acids is 2. The Bertz CT molecular complexity index is 281. The first-order valence-corrected chi connectivity index (χ1v) is 5.68. The van der Waals surface area contributed by atoms with Crippen molar-refractivity contribution in [3.63, 3.8) is 0 Å². The van der Waals surface area contributed by atoms with E-state index in [-0.39, 0.29) is 11.8 Å². The van der Waals surface area contributed by atoms with Gasteiger partial charge in [0.1, 0.15) is 6.04 Å². The quantitative estimate of drug-likeness (QED) is 0.537. The van der Waals surface area contributed by atoms with Gasteiger partial charge < -0.3 is 10.6 Å². The minimum absolute atomic E-state index is 0.321. The molecule has 0 bridgehead atoms. The molecule has 1 unspecified atom stereocenters. The number of carbonyl (C=O) groups is 2. The lowest BCUT2D eigenvalue weighted by molar-refractivity contribution is -0.128. The average Bonchev–Trinajstić information content (AvgIpc) is 2.13. The summed E-state index contributed by atoms with van der Waals surface area (Å²) >= 11 is 0.732. The summed E-state index contributed by atoms with van der Waals surface area (Å²) in [5.41, 5.74) is 0. The second-order valence-electron chi connectivity index (χ2n) is 3.80. The zero-order valence-corrected chi connectivity index (χ0v) is 10.7. The van der Waals surface area contributed by atoms with E-state index in [0.29, 0.717) is 6.54 Å². The molecule has 1 atom stereocenters. The Balaban J connectivity index is 4.83. The van der Waals surface area contributed by atoms with Crippen LogP contribution in [0.2, 0.25) is 0 Å². The number of nitroso groups, excluding NO2 is 1. The molecule has 7 heteroatoms. The van der Waals surface area contributed by atoms with Crippen molar-refractivity contribution in [1.82, 2.24) is 10.6 Å². The first-order valence-electron chi connectivity index (χ1n) is 4.90. The second-order valence-corrected chi connectivity index (χ2v) is 5.18. The van der Waals surface area contributed by atoms with Gasteiger partial charge in [-0.05, 0) is 20.8 Å². The Hall–Kier alpha value is -1.11. The molecule has 0 spiro atoms. The highest BCUT2D eigenvalue weighted by Gasteiger charge is 2.37. The van der Waals surface area contributed by atoms with Crippen molar-refractivity contribution in [3.05, 3.63) is 4.91 Å². The summed E-state index contributed by atoms with van der Waals surface area (Å²) < 4.78 is 1.93. The van der Waals surface area contributed by atoms with Gasteiger partial charge in [0.2, 0.25) is 11.8 Å². The van der Waals surface area contributed by atoms with Gasteiger partial charge >= 0.3 is 0 Å². The zero-order chi connectivity index (χ0) is 12.8. The molecular weight excluding hydrogens is 230 g/mol. The van der Waals surface area contributed by atoms with Gasteiger partial charge in [0, 0.05) is 30.0 Å². The molecule has 0 aliphatic carbocycles. The van der Waals surface area contributed by atoms with E-state index in [1.807, 2.05) is 0 Å². The normalized spacial score (nSPS) is 12.8. The van der Waals surface area contributed by atoms with Gasteiger partial charge in [0.25, 0.3) is 0 Å². The zero-order valence-electron chi connectivity index (χ0n) is 9.86. The molecule has 0 fully saturated rings. The first kappa shape index (κ1) is 14.9. The van der Waals surface area contributed by atoms with E-state index in [1.165, 1.54) is 6.92 Å². The standard InChI is InChI=1S/C9H17N3O3S/c1-5-10-8(14)7(11-6(2)13)9(3,4)16-12-15/h7H,5H2,1-4H3,(H,10,14)(H,11,13). The van der Waals surface area contributed by atoms with E-state index < -0.39 is 10.8 Å². The molecule has 0 heterocycles. The third kappa shape index (κ3) is 4.61. The van der Waals surface area contributed by atoms with Crippen molar-refractivity contribution < 1.29 is 9.59 Å². The number of nitrogens with zero attached hydrogens (tertiary/aromatic N) is 1. The van der Waals surface area contributed by atoms with Crippen LogP contribution < -0.4 is 10.6 Å². The molecule has 0 aliphatic heterocycles. The number of amides is 2. The van der Waals surface area contributed by atoms with Crippen LogP contribution in [0.5, 0.6) is 0 Å². The Kier molecular flexibility index (Phi) is 6.02. The number of rotatable bonds is 6. The van der Waals surface area contributed by atoms with Gasteiger partial charge in [-0.3, -0.25) is 9.59 Å². The molecule has 0 radical (unpaired) electrons. The number of nitrogens with one attached hydrogen (secondary N) is 2. The molecule has 0 aromatic carbocycles. The fraction of sp³-hybridized carbons (Fsp3) is 0.778. The Labute approximate surface area is 99.0 Å².